The van der Waals surface area contributed by atoms with Crippen LogP contribution in [0.5, 0.6) is 0 Å². The van der Waals surface area contributed by atoms with Crippen LogP contribution in [-0.4, -0.2) is 46.6 Å². The van der Waals surface area contributed by atoms with E-state index in [0.717, 1.165) is 12.8 Å². The lowest BCUT2D eigenvalue weighted by Gasteiger charge is -2.24. The van der Waals surface area contributed by atoms with Crippen LogP contribution in [0.15, 0.2) is 0 Å². The summed E-state index contributed by atoms with van der Waals surface area (Å²) in [7, 11) is 0. The lowest BCUT2D eigenvalue weighted by molar-refractivity contribution is -0.130. The number of carbonyl (C=O) groups excluding carboxylic acids is 2. The minimum Gasteiger partial charge on any atom is -0.389 e. The van der Waals surface area contributed by atoms with Crippen molar-refractivity contribution in [3.8, 4) is 0 Å². The predicted octanol–water partition coefficient (Wildman–Crippen LogP) is 0.665. The minimum absolute atomic E-state index is 0.107. The maximum Gasteiger partial charge on any atom is 0.225 e. The van der Waals surface area contributed by atoms with Crippen LogP contribution in [0, 0.1) is 5.92 Å². The summed E-state index contributed by atoms with van der Waals surface area (Å²) < 4.78 is 0. The number of rotatable bonds is 4. The fourth-order valence-electron chi connectivity index (χ4n) is 2.92. The number of nitrogens with one attached hydrogen (secondary N) is 1. The summed E-state index contributed by atoms with van der Waals surface area (Å²) in [5.41, 5.74) is -0.913. The van der Waals surface area contributed by atoms with Crippen molar-refractivity contribution in [3.63, 3.8) is 0 Å². The molecule has 1 aliphatic heterocycles. The van der Waals surface area contributed by atoms with Gasteiger partial charge < -0.3 is 15.3 Å². The number of likely N-dealkylation sites (tertiary alicyclic amines) is 1. The molecule has 0 aromatic rings. The Bertz CT molecular complexity index is 356. The molecule has 2 fully saturated rings. The second-order valence-corrected chi connectivity index (χ2v) is 6.42. The molecule has 1 saturated carbocycles. The average Bonchev–Trinajstić information content (AvgIpc) is 2.93. The van der Waals surface area contributed by atoms with Gasteiger partial charge in [0.1, 0.15) is 0 Å². The maximum absolute atomic E-state index is 12.0. The van der Waals surface area contributed by atoms with Gasteiger partial charge in [-0.05, 0) is 26.7 Å². The number of hydrogen-bond donors (Lipinski definition) is 2. The summed E-state index contributed by atoms with van der Waals surface area (Å²) >= 11 is 0. The quantitative estimate of drug-likeness (QED) is 0.787. The molecule has 5 heteroatoms. The Morgan fingerprint density at radius 2 is 2.05 bits per heavy atom. The zero-order valence-electron chi connectivity index (χ0n) is 11.8. The Hall–Kier alpha value is -1.10. The summed E-state index contributed by atoms with van der Waals surface area (Å²) in [5.74, 6) is -0.262. The van der Waals surface area contributed by atoms with Gasteiger partial charge in [0, 0.05) is 25.6 Å². The van der Waals surface area contributed by atoms with E-state index in [-0.39, 0.29) is 24.3 Å². The highest BCUT2D eigenvalue weighted by molar-refractivity contribution is 5.89. The van der Waals surface area contributed by atoms with E-state index in [1.807, 2.05) is 4.90 Å². The first kappa shape index (κ1) is 14.3. The Morgan fingerprint density at radius 1 is 1.42 bits per heavy atom. The third-order valence-corrected chi connectivity index (χ3v) is 3.99. The monoisotopic (exact) mass is 268 g/mol. The zero-order valence-corrected chi connectivity index (χ0v) is 11.8. The molecular weight excluding hydrogens is 244 g/mol. The predicted molar refractivity (Wildman–Crippen MR) is 71.4 cm³/mol. The van der Waals surface area contributed by atoms with Crippen molar-refractivity contribution in [2.45, 2.75) is 57.6 Å². The van der Waals surface area contributed by atoms with E-state index >= 15 is 0 Å². The average molecular weight is 268 g/mol. The van der Waals surface area contributed by atoms with E-state index in [0.29, 0.717) is 19.0 Å². The van der Waals surface area contributed by atoms with Gasteiger partial charge in [0.25, 0.3) is 0 Å². The van der Waals surface area contributed by atoms with Gasteiger partial charge in [-0.3, -0.25) is 9.59 Å². The first-order valence-electron chi connectivity index (χ1n) is 7.16. The van der Waals surface area contributed by atoms with Crippen LogP contribution in [-0.2, 0) is 9.59 Å². The fourth-order valence-corrected chi connectivity index (χ4v) is 2.92. The number of amides is 2. The molecule has 0 spiro atoms. The van der Waals surface area contributed by atoms with Crippen LogP contribution in [0.4, 0.5) is 0 Å². The molecular formula is C14H24N2O3. The fraction of sp³-hybridized carbons (Fsp3) is 0.857. The lowest BCUT2D eigenvalue weighted by atomic mass is 10.1. The van der Waals surface area contributed by atoms with E-state index in [1.165, 1.54) is 12.8 Å². The molecule has 5 nitrogen and oxygen atoms in total. The molecule has 1 unspecified atom stereocenters. The van der Waals surface area contributed by atoms with Crippen LogP contribution < -0.4 is 5.32 Å². The van der Waals surface area contributed by atoms with Gasteiger partial charge in [0.15, 0.2) is 0 Å². The number of aliphatic hydroxyl groups is 1. The van der Waals surface area contributed by atoms with Gasteiger partial charge in [-0.15, -0.1) is 0 Å². The normalized spacial score (nSPS) is 25.1. The van der Waals surface area contributed by atoms with Gasteiger partial charge >= 0.3 is 0 Å². The van der Waals surface area contributed by atoms with Crippen molar-refractivity contribution in [2.24, 2.45) is 5.92 Å². The van der Waals surface area contributed by atoms with Crippen LogP contribution >= 0.6 is 0 Å². The molecule has 1 atom stereocenters. The molecule has 2 N–H and O–H groups in total. The Labute approximate surface area is 114 Å². The van der Waals surface area contributed by atoms with Crippen LogP contribution in [0.2, 0.25) is 0 Å². The maximum atomic E-state index is 12.0. The third kappa shape index (κ3) is 3.69. The van der Waals surface area contributed by atoms with E-state index in [1.54, 1.807) is 13.8 Å². The number of nitrogens with zero attached hydrogens (tertiary/aromatic N) is 1. The highest BCUT2D eigenvalue weighted by Gasteiger charge is 2.38. The Kier molecular flexibility index (Phi) is 4.13. The molecule has 2 aliphatic rings. The molecule has 2 amide bonds. The second-order valence-electron chi connectivity index (χ2n) is 6.42. The second kappa shape index (κ2) is 5.49. The van der Waals surface area contributed by atoms with E-state index in [4.69, 9.17) is 0 Å². The van der Waals surface area contributed by atoms with Crippen LogP contribution in [0.3, 0.4) is 0 Å². The van der Waals surface area contributed by atoms with Crippen molar-refractivity contribution in [1.82, 2.24) is 10.2 Å². The molecule has 1 aliphatic carbocycles. The summed E-state index contributed by atoms with van der Waals surface area (Å²) in [5, 5.41) is 12.3. The molecule has 0 radical (unpaired) electrons. The Morgan fingerprint density at radius 3 is 2.63 bits per heavy atom. The summed E-state index contributed by atoms with van der Waals surface area (Å²) in [6, 6.07) is 0.347. The van der Waals surface area contributed by atoms with E-state index in [9.17, 15) is 14.7 Å². The molecule has 0 bridgehead atoms. The molecule has 108 valence electrons. The Balaban J connectivity index is 1.86. The molecule has 0 aromatic heterocycles. The standard InChI is InChI=1S/C14H24N2O3/c1-14(2,19)9-15-13(18)10-7-12(17)16(8-10)11-5-3-4-6-11/h10-11,19H,3-9H2,1-2H3,(H,15,18). The zero-order chi connectivity index (χ0) is 14.0. The lowest BCUT2D eigenvalue weighted by Crippen LogP contribution is -2.42. The van der Waals surface area contributed by atoms with Gasteiger partial charge in [0.05, 0.1) is 11.5 Å². The number of carbonyl (C=O) groups is 2. The highest BCUT2D eigenvalue weighted by atomic mass is 16.3. The summed E-state index contributed by atoms with van der Waals surface area (Å²) in [6.45, 7) is 4.07. The van der Waals surface area contributed by atoms with Gasteiger partial charge in [0.2, 0.25) is 11.8 Å². The van der Waals surface area contributed by atoms with Crippen molar-refractivity contribution >= 4 is 11.8 Å². The van der Waals surface area contributed by atoms with E-state index in [2.05, 4.69) is 5.32 Å². The van der Waals surface area contributed by atoms with Crippen molar-refractivity contribution in [2.75, 3.05) is 13.1 Å². The smallest absolute Gasteiger partial charge is 0.225 e. The highest BCUT2D eigenvalue weighted by Crippen LogP contribution is 2.29. The van der Waals surface area contributed by atoms with Crippen molar-refractivity contribution in [1.29, 1.82) is 0 Å². The molecule has 1 saturated heterocycles. The molecule has 2 rings (SSSR count). The summed E-state index contributed by atoms with van der Waals surface area (Å²) in [4.78, 5) is 25.9. The first-order valence-corrected chi connectivity index (χ1v) is 7.16. The van der Waals surface area contributed by atoms with Crippen LogP contribution in [0.25, 0.3) is 0 Å². The van der Waals surface area contributed by atoms with Crippen molar-refractivity contribution in [3.05, 3.63) is 0 Å². The molecule has 19 heavy (non-hydrogen) atoms. The summed E-state index contributed by atoms with van der Waals surface area (Å²) in [6.07, 6.45) is 4.83. The third-order valence-electron chi connectivity index (χ3n) is 3.99. The topological polar surface area (TPSA) is 69.6 Å². The van der Waals surface area contributed by atoms with Gasteiger partial charge in [-0.1, -0.05) is 12.8 Å². The first-order chi connectivity index (χ1) is 8.87. The number of hydrogen-bond acceptors (Lipinski definition) is 3. The van der Waals surface area contributed by atoms with Gasteiger partial charge in [-0.2, -0.15) is 0 Å². The SMILES string of the molecule is CC(C)(O)CNC(=O)C1CC(=O)N(C2CCCC2)C1. The van der Waals surface area contributed by atoms with E-state index < -0.39 is 5.60 Å². The van der Waals surface area contributed by atoms with Crippen molar-refractivity contribution < 1.29 is 14.7 Å². The minimum atomic E-state index is -0.913. The largest absolute Gasteiger partial charge is 0.389 e. The molecule has 1 heterocycles. The molecule has 0 aromatic carbocycles. The van der Waals surface area contributed by atoms with Crippen LogP contribution in [0.1, 0.15) is 46.0 Å². The van der Waals surface area contributed by atoms with Gasteiger partial charge in [-0.25, -0.2) is 0 Å².